The van der Waals surface area contributed by atoms with E-state index < -0.39 is 0 Å². The monoisotopic (exact) mass is 241 g/mol. The number of carbonyl (C=O) groups is 1. The Hall–Kier alpha value is -0.870. The van der Waals surface area contributed by atoms with Gasteiger partial charge in [0.05, 0.1) is 6.54 Å². The van der Waals surface area contributed by atoms with Crippen LogP contribution < -0.4 is 5.32 Å². The summed E-state index contributed by atoms with van der Waals surface area (Å²) in [7, 11) is 1.74. The number of fused-ring (bicyclic) bond motifs is 1. The number of nitrogens with zero attached hydrogens (tertiary/aromatic N) is 2. The smallest absolute Gasteiger partial charge is 0.198 e. The van der Waals surface area contributed by atoms with Crippen molar-refractivity contribution in [2.45, 2.75) is 32.2 Å². The van der Waals surface area contributed by atoms with Gasteiger partial charge in [0.1, 0.15) is 16.7 Å². The summed E-state index contributed by atoms with van der Waals surface area (Å²) in [5.74, 6) is 0.926. The molecule has 16 heavy (non-hydrogen) atoms. The molecule has 0 fully saturated rings. The van der Waals surface area contributed by atoms with Crippen LogP contribution in [0.5, 0.6) is 0 Å². The molecule has 2 rings (SSSR count). The van der Waals surface area contributed by atoms with Crippen molar-refractivity contribution in [2.75, 3.05) is 13.6 Å². The summed E-state index contributed by atoms with van der Waals surface area (Å²) in [5.41, 5.74) is 0.424. The van der Waals surface area contributed by atoms with E-state index in [1.165, 1.54) is 6.42 Å². The van der Waals surface area contributed by atoms with E-state index in [1.54, 1.807) is 7.05 Å². The first-order chi connectivity index (χ1) is 7.74. The fourth-order valence-electron chi connectivity index (χ4n) is 2.05. The lowest BCUT2D eigenvalue weighted by atomic mass is 10.2. The number of Topliss-reactive ketones (excluding diaryl/α,β-unsaturated/α-hetero) is 1. The number of hydrogen-bond donors (Lipinski definition) is 1. The van der Waals surface area contributed by atoms with Gasteiger partial charge in [0.2, 0.25) is 0 Å². The molecule has 88 valence electrons. The number of aryl methyl sites for hydroxylation is 1. The summed E-state index contributed by atoms with van der Waals surface area (Å²) < 4.78 is 1.98. The van der Waals surface area contributed by atoms with Gasteiger partial charge >= 0.3 is 0 Å². The second-order valence-corrected chi connectivity index (χ2v) is 4.44. The highest BCUT2D eigenvalue weighted by Crippen LogP contribution is 2.23. The number of carbonyl (C=O) groups excluding carboxylic acids is 1. The Bertz CT molecular complexity index is 400. The molecule has 0 unspecified atom stereocenters. The Morgan fingerprint density at radius 2 is 2.31 bits per heavy atom. The van der Waals surface area contributed by atoms with Crippen molar-refractivity contribution in [1.29, 1.82) is 0 Å². The maximum atomic E-state index is 11.7. The minimum absolute atomic E-state index is 0.0342. The first kappa shape index (κ1) is 11.6. The summed E-state index contributed by atoms with van der Waals surface area (Å²) in [4.78, 5) is 16.1. The van der Waals surface area contributed by atoms with Gasteiger partial charge in [-0.1, -0.05) is 18.0 Å². The van der Waals surface area contributed by atoms with Crippen LogP contribution in [0.2, 0.25) is 5.15 Å². The second kappa shape index (κ2) is 4.97. The predicted molar refractivity (Wildman–Crippen MR) is 63.0 cm³/mol. The molecule has 1 N–H and O–H groups in total. The van der Waals surface area contributed by atoms with Gasteiger partial charge in [-0.25, -0.2) is 4.98 Å². The number of aromatic nitrogens is 2. The van der Waals surface area contributed by atoms with Crippen molar-refractivity contribution in [3.05, 3.63) is 16.7 Å². The maximum Gasteiger partial charge on any atom is 0.198 e. The van der Waals surface area contributed by atoms with Gasteiger partial charge in [-0.15, -0.1) is 0 Å². The molecule has 1 aliphatic heterocycles. The molecule has 0 spiro atoms. The summed E-state index contributed by atoms with van der Waals surface area (Å²) in [6.45, 7) is 1.17. The van der Waals surface area contributed by atoms with Crippen molar-refractivity contribution < 1.29 is 4.79 Å². The summed E-state index contributed by atoms with van der Waals surface area (Å²) in [6, 6.07) is 0. The summed E-state index contributed by atoms with van der Waals surface area (Å²) >= 11 is 6.20. The molecule has 0 saturated carbocycles. The van der Waals surface area contributed by atoms with Gasteiger partial charge in [-0.2, -0.15) is 0 Å². The fraction of sp³-hybridized carbons (Fsp3) is 0.636. The van der Waals surface area contributed by atoms with Crippen LogP contribution in [0.4, 0.5) is 0 Å². The number of rotatable bonds is 3. The van der Waals surface area contributed by atoms with Gasteiger partial charge < -0.3 is 9.88 Å². The Balaban J connectivity index is 2.31. The van der Waals surface area contributed by atoms with E-state index >= 15 is 0 Å². The highest BCUT2D eigenvalue weighted by Gasteiger charge is 2.21. The minimum Gasteiger partial charge on any atom is -0.318 e. The van der Waals surface area contributed by atoms with Crippen LogP contribution in [0.1, 0.15) is 35.6 Å². The first-order valence-corrected chi connectivity index (χ1v) is 6.04. The molecule has 0 saturated heterocycles. The summed E-state index contributed by atoms with van der Waals surface area (Å²) in [5, 5.41) is 3.34. The highest BCUT2D eigenvalue weighted by molar-refractivity contribution is 6.32. The zero-order valence-corrected chi connectivity index (χ0v) is 10.2. The molecule has 0 aromatic carbocycles. The van der Waals surface area contributed by atoms with Crippen molar-refractivity contribution in [2.24, 2.45) is 0 Å². The van der Waals surface area contributed by atoms with Crippen LogP contribution in [0.25, 0.3) is 0 Å². The lowest BCUT2D eigenvalue weighted by Crippen LogP contribution is -2.19. The highest BCUT2D eigenvalue weighted by atomic mass is 35.5. The van der Waals surface area contributed by atoms with Crippen LogP contribution in [0, 0.1) is 0 Å². The van der Waals surface area contributed by atoms with Crippen LogP contribution in [-0.2, 0) is 13.0 Å². The van der Waals surface area contributed by atoms with Crippen LogP contribution in [0.3, 0.4) is 0 Å². The van der Waals surface area contributed by atoms with E-state index in [2.05, 4.69) is 10.3 Å². The van der Waals surface area contributed by atoms with Gasteiger partial charge in [-0.05, 0) is 19.9 Å². The van der Waals surface area contributed by atoms with E-state index in [0.29, 0.717) is 10.8 Å². The molecule has 1 aromatic rings. The number of hydrogen-bond acceptors (Lipinski definition) is 3. The Morgan fingerprint density at radius 1 is 1.50 bits per heavy atom. The third-order valence-corrected chi connectivity index (χ3v) is 3.25. The fourth-order valence-corrected chi connectivity index (χ4v) is 2.38. The average molecular weight is 242 g/mol. The Labute approximate surface area is 100.0 Å². The lowest BCUT2D eigenvalue weighted by molar-refractivity contribution is 0.0989. The van der Waals surface area contributed by atoms with E-state index in [-0.39, 0.29) is 12.3 Å². The molecule has 2 heterocycles. The maximum absolute atomic E-state index is 11.7. The van der Waals surface area contributed by atoms with Gasteiger partial charge in [0.15, 0.2) is 5.78 Å². The molecular weight excluding hydrogens is 226 g/mol. The largest absolute Gasteiger partial charge is 0.318 e. The van der Waals surface area contributed by atoms with Gasteiger partial charge in [0, 0.05) is 13.0 Å². The molecule has 0 radical (unpaired) electrons. The molecule has 5 heteroatoms. The van der Waals surface area contributed by atoms with Crippen LogP contribution in [0.15, 0.2) is 0 Å². The standard InChI is InChI=1S/C11H16ClN3O/c1-13-7-8(16)10-11(12)15-6-4-2-3-5-9(15)14-10/h13H,2-7H2,1H3. The number of likely N-dealkylation sites (N-methyl/N-ethyl adjacent to an activating group) is 1. The van der Waals surface area contributed by atoms with Crippen molar-refractivity contribution in [1.82, 2.24) is 14.9 Å². The van der Waals surface area contributed by atoms with Crippen LogP contribution >= 0.6 is 11.6 Å². The van der Waals surface area contributed by atoms with Gasteiger partial charge in [-0.3, -0.25) is 4.79 Å². The molecule has 0 atom stereocenters. The number of halogens is 1. The first-order valence-electron chi connectivity index (χ1n) is 5.66. The van der Waals surface area contributed by atoms with Crippen molar-refractivity contribution in [3.8, 4) is 0 Å². The third-order valence-electron chi connectivity index (χ3n) is 2.87. The predicted octanol–water partition coefficient (Wildman–Crippen LogP) is 1.67. The SMILES string of the molecule is CNCC(=O)c1nc2n(c1Cl)CCCCC2. The summed E-state index contributed by atoms with van der Waals surface area (Å²) in [6.07, 6.45) is 4.38. The quantitative estimate of drug-likeness (QED) is 0.819. The molecular formula is C11H16ClN3O. The van der Waals surface area contributed by atoms with Gasteiger partial charge in [0.25, 0.3) is 0 Å². The minimum atomic E-state index is -0.0342. The molecule has 4 nitrogen and oxygen atoms in total. The second-order valence-electron chi connectivity index (χ2n) is 4.08. The molecule has 1 aliphatic rings. The number of nitrogens with one attached hydrogen (secondary N) is 1. The third kappa shape index (κ3) is 2.13. The van der Waals surface area contributed by atoms with Crippen molar-refractivity contribution >= 4 is 17.4 Å². The van der Waals surface area contributed by atoms with Crippen molar-refractivity contribution in [3.63, 3.8) is 0 Å². The zero-order chi connectivity index (χ0) is 11.5. The Kier molecular flexibility index (Phi) is 3.61. The molecule has 1 aromatic heterocycles. The van der Waals surface area contributed by atoms with E-state index in [9.17, 15) is 4.79 Å². The number of ketones is 1. The zero-order valence-electron chi connectivity index (χ0n) is 9.42. The van der Waals surface area contributed by atoms with E-state index in [4.69, 9.17) is 11.6 Å². The molecule has 0 aliphatic carbocycles. The lowest BCUT2D eigenvalue weighted by Gasteiger charge is -2.03. The molecule has 0 bridgehead atoms. The molecule has 0 amide bonds. The van der Waals surface area contributed by atoms with Crippen LogP contribution in [-0.4, -0.2) is 28.9 Å². The van der Waals surface area contributed by atoms with E-state index in [0.717, 1.165) is 31.6 Å². The topological polar surface area (TPSA) is 46.9 Å². The Morgan fingerprint density at radius 3 is 3.06 bits per heavy atom. The average Bonchev–Trinajstić information content (AvgIpc) is 2.47. The van der Waals surface area contributed by atoms with E-state index in [1.807, 2.05) is 4.57 Å². The number of imidazole rings is 1. The normalized spacial score (nSPS) is 15.6.